The molecule has 0 unspecified atom stereocenters. The SMILES string of the molecule is Cc1nc(N2CCN(CCO)CC2)nc2ccc(NC(=O)CCc3ccc(Cl)cc3)nc12. The Kier molecular flexibility index (Phi) is 7.14. The number of nitrogens with zero attached hydrogens (tertiary/aromatic N) is 5. The lowest BCUT2D eigenvalue weighted by Crippen LogP contribution is -2.47. The molecule has 0 bridgehead atoms. The van der Waals surface area contributed by atoms with E-state index in [1.165, 1.54) is 0 Å². The predicted molar refractivity (Wildman–Crippen MR) is 126 cm³/mol. The van der Waals surface area contributed by atoms with Crippen LogP contribution in [0.25, 0.3) is 11.0 Å². The van der Waals surface area contributed by atoms with Crippen LogP contribution in [-0.2, 0) is 11.2 Å². The summed E-state index contributed by atoms with van der Waals surface area (Å²) in [7, 11) is 0. The fraction of sp³-hybridized carbons (Fsp3) is 0.391. The van der Waals surface area contributed by atoms with E-state index in [1.807, 2.05) is 37.3 Å². The number of aromatic nitrogens is 3. The summed E-state index contributed by atoms with van der Waals surface area (Å²) in [6.07, 6.45) is 0.992. The Hall–Kier alpha value is -2.81. The maximum atomic E-state index is 12.4. The zero-order valence-electron chi connectivity index (χ0n) is 18.1. The van der Waals surface area contributed by atoms with Crippen molar-refractivity contribution in [3.05, 3.63) is 52.7 Å². The van der Waals surface area contributed by atoms with Crippen LogP contribution >= 0.6 is 11.6 Å². The van der Waals surface area contributed by atoms with Gasteiger partial charge < -0.3 is 15.3 Å². The van der Waals surface area contributed by atoms with Crippen LogP contribution in [0, 0.1) is 6.92 Å². The van der Waals surface area contributed by atoms with Crippen molar-refractivity contribution in [1.82, 2.24) is 19.9 Å². The predicted octanol–water partition coefficient (Wildman–Crippen LogP) is 2.67. The number of fused-ring (bicyclic) bond motifs is 1. The van der Waals surface area contributed by atoms with Crippen LogP contribution in [0.15, 0.2) is 36.4 Å². The number of benzene rings is 1. The second-order valence-corrected chi connectivity index (χ2v) is 8.34. The molecule has 0 saturated carbocycles. The first-order valence-corrected chi connectivity index (χ1v) is 11.2. The number of aliphatic hydroxyl groups is 1. The highest BCUT2D eigenvalue weighted by atomic mass is 35.5. The summed E-state index contributed by atoms with van der Waals surface area (Å²) in [5.41, 5.74) is 3.28. The zero-order chi connectivity index (χ0) is 22.5. The van der Waals surface area contributed by atoms with Gasteiger partial charge >= 0.3 is 0 Å². The number of anilines is 2. The third-order valence-corrected chi connectivity index (χ3v) is 5.85. The number of hydrogen-bond acceptors (Lipinski definition) is 7. The van der Waals surface area contributed by atoms with E-state index in [4.69, 9.17) is 21.7 Å². The standard InChI is InChI=1S/C23H27ClN6O2/c1-16-22-19(26-23(25-16)30-12-10-29(11-13-30)14-15-31)7-8-20(28-22)27-21(32)9-4-17-2-5-18(24)6-3-17/h2-3,5-8,31H,4,9-15H2,1H3,(H,27,28,32). The minimum absolute atomic E-state index is 0.0947. The summed E-state index contributed by atoms with van der Waals surface area (Å²) in [4.78, 5) is 30.7. The molecule has 1 amide bonds. The van der Waals surface area contributed by atoms with Gasteiger partial charge in [0.25, 0.3) is 0 Å². The third kappa shape index (κ3) is 5.51. The Balaban J connectivity index is 1.40. The van der Waals surface area contributed by atoms with Gasteiger partial charge in [-0.1, -0.05) is 23.7 Å². The number of halogens is 1. The maximum absolute atomic E-state index is 12.4. The van der Waals surface area contributed by atoms with E-state index in [0.717, 1.165) is 43.0 Å². The van der Waals surface area contributed by atoms with E-state index in [-0.39, 0.29) is 12.5 Å². The van der Waals surface area contributed by atoms with Gasteiger partial charge in [0.05, 0.1) is 17.8 Å². The maximum Gasteiger partial charge on any atom is 0.226 e. The summed E-state index contributed by atoms with van der Waals surface area (Å²) >= 11 is 5.90. The largest absolute Gasteiger partial charge is 0.395 e. The Bertz CT molecular complexity index is 1080. The molecule has 2 N–H and O–H groups in total. The van der Waals surface area contributed by atoms with E-state index in [2.05, 4.69) is 25.1 Å². The second kappa shape index (κ2) is 10.2. The van der Waals surface area contributed by atoms with Crippen molar-refractivity contribution in [2.24, 2.45) is 0 Å². The lowest BCUT2D eigenvalue weighted by molar-refractivity contribution is -0.116. The summed E-state index contributed by atoms with van der Waals surface area (Å²) in [6.45, 7) is 6.18. The van der Waals surface area contributed by atoms with Crippen molar-refractivity contribution in [2.45, 2.75) is 19.8 Å². The minimum atomic E-state index is -0.0947. The Morgan fingerprint density at radius 1 is 1.06 bits per heavy atom. The first-order valence-electron chi connectivity index (χ1n) is 10.8. The highest BCUT2D eigenvalue weighted by molar-refractivity contribution is 6.30. The van der Waals surface area contributed by atoms with Gasteiger partial charge in [-0.05, 0) is 43.2 Å². The number of amides is 1. The Morgan fingerprint density at radius 2 is 1.81 bits per heavy atom. The average molecular weight is 455 g/mol. The van der Waals surface area contributed by atoms with Crippen LogP contribution in [0.5, 0.6) is 0 Å². The molecule has 0 spiro atoms. The Morgan fingerprint density at radius 3 is 2.53 bits per heavy atom. The molecule has 3 aromatic rings. The van der Waals surface area contributed by atoms with Crippen LogP contribution in [-0.4, -0.2) is 70.2 Å². The van der Waals surface area contributed by atoms with Gasteiger partial charge in [-0.2, -0.15) is 0 Å². The fourth-order valence-corrected chi connectivity index (χ4v) is 3.91. The van der Waals surface area contributed by atoms with Gasteiger partial charge in [-0.3, -0.25) is 9.69 Å². The lowest BCUT2D eigenvalue weighted by atomic mass is 10.1. The van der Waals surface area contributed by atoms with Crippen LogP contribution in [0.4, 0.5) is 11.8 Å². The number of piperazine rings is 1. The van der Waals surface area contributed by atoms with Gasteiger partial charge in [-0.15, -0.1) is 0 Å². The number of carbonyl (C=O) groups excluding carboxylic acids is 1. The number of hydrogen-bond donors (Lipinski definition) is 2. The number of aryl methyl sites for hydroxylation is 2. The molecule has 0 radical (unpaired) electrons. The number of nitrogens with one attached hydrogen (secondary N) is 1. The number of rotatable bonds is 7. The fourth-order valence-electron chi connectivity index (χ4n) is 3.78. The summed E-state index contributed by atoms with van der Waals surface area (Å²) in [5.74, 6) is 1.10. The lowest BCUT2D eigenvalue weighted by Gasteiger charge is -2.34. The van der Waals surface area contributed by atoms with E-state index < -0.39 is 0 Å². The molecule has 1 aliphatic heterocycles. The molecule has 0 atom stereocenters. The first-order chi connectivity index (χ1) is 15.5. The van der Waals surface area contributed by atoms with Crippen molar-refractivity contribution < 1.29 is 9.90 Å². The average Bonchev–Trinajstić information content (AvgIpc) is 2.80. The minimum Gasteiger partial charge on any atom is -0.395 e. The molecule has 0 aliphatic carbocycles. The Labute approximate surface area is 192 Å². The highest BCUT2D eigenvalue weighted by Gasteiger charge is 2.20. The smallest absolute Gasteiger partial charge is 0.226 e. The molecule has 1 aromatic carbocycles. The number of β-amino-alcohol motifs (C(OH)–C–C–N with tert-alkyl or cyclic N) is 1. The molecule has 8 nitrogen and oxygen atoms in total. The van der Waals surface area contributed by atoms with E-state index >= 15 is 0 Å². The van der Waals surface area contributed by atoms with Crippen molar-refractivity contribution in [3.63, 3.8) is 0 Å². The molecule has 168 valence electrons. The first kappa shape index (κ1) is 22.4. The molecule has 32 heavy (non-hydrogen) atoms. The van der Waals surface area contributed by atoms with Crippen molar-refractivity contribution in [3.8, 4) is 0 Å². The van der Waals surface area contributed by atoms with Crippen LogP contribution < -0.4 is 10.2 Å². The molecule has 3 heterocycles. The van der Waals surface area contributed by atoms with Gasteiger partial charge in [0, 0.05) is 44.2 Å². The van der Waals surface area contributed by atoms with Crippen molar-refractivity contribution >= 4 is 40.3 Å². The van der Waals surface area contributed by atoms with E-state index in [9.17, 15) is 4.79 Å². The molecule has 1 fully saturated rings. The molecular formula is C23H27ClN6O2. The summed E-state index contributed by atoms with van der Waals surface area (Å²) < 4.78 is 0. The normalized spacial score (nSPS) is 14.7. The van der Waals surface area contributed by atoms with Crippen molar-refractivity contribution in [1.29, 1.82) is 0 Å². The second-order valence-electron chi connectivity index (χ2n) is 7.90. The van der Waals surface area contributed by atoms with Crippen LogP contribution in [0.3, 0.4) is 0 Å². The summed E-state index contributed by atoms with van der Waals surface area (Å²) in [5, 5.41) is 12.7. The van der Waals surface area contributed by atoms with E-state index in [1.54, 1.807) is 6.07 Å². The van der Waals surface area contributed by atoms with Gasteiger partial charge in [0.1, 0.15) is 11.3 Å². The molecular weight excluding hydrogens is 428 g/mol. The third-order valence-electron chi connectivity index (χ3n) is 5.60. The highest BCUT2D eigenvalue weighted by Crippen LogP contribution is 2.21. The number of carbonyl (C=O) groups is 1. The molecule has 1 aliphatic rings. The topological polar surface area (TPSA) is 94.5 Å². The van der Waals surface area contributed by atoms with Crippen molar-refractivity contribution in [2.75, 3.05) is 49.5 Å². The quantitative estimate of drug-likeness (QED) is 0.566. The molecule has 4 rings (SSSR count). The van der Waals surface area contributed by atoms with Gasteiger partial charge in [0.2, 0.25) is 11.9 Å². The number of pyridine rings is 1. The van der Waals surface area contributed by atoms with E-state index in [0.29, 0.717) is 41.7 Å². The number of aliphatic hydroxyl groups excluding tert-OH is 1. The van der Waals surface area contributed by atoms with Crippen LogP contribution in [0.2, 0.25) is 5.02 Å². The molecule has 9 heteroatoms. The monoisotopic (exact) mass is 454 g/mol. The molecule has 1 saturated heterocycles. The molecule has 2 aromatic heterocycles. The zero-order valence-corrected chi connectivity index (χ0v) is 18.8. The summed E-state index contributed by atoms with van der Waals surface area (Å²) in [6, 6.07) is 11.1. The van der Waals surface area contributed by atoms with Crippen LogP contribution in [0.1, 0.15) is 17.7 Å². The van der Waals surface area contributed by atoms with Gasteiger partial charge in [-0.25, -0.2) is 15.0 Å². The van der Waals surface area contributed by atoms with Gasteiger partial charge in [0.15, 0.2) is 0 Å².